The molecule has 0 atom stereocenters. The molecule has 1 aromatic heterocycles. The fourth-order valence-corrected chi connectivity index (χ4v) is 2.40. The Morgan fingerprint density at radius 1 is 1.18 bits per heavy atom. The molecule has 148 valence electrons. The molecule has 0 aliphatic rings. The molecular formula is C20H23N3O5. The van der Waals surface area contributed by atoms with E-state index in [1.165, 1.54) is 25.4 Å². The van der Waals surface area contributed by atoms with Crippen LogP contribution in [0.15, 0.2) is 54.2 Å². The molecule has 0 aliphatic carbocycles. The van der Waals surface area contributed by atoms with E-state index >= 15 is 0 Å². The number of benzene rings is 1. The minimum absolute atomic E-state index is 0.0686. The SMILES string of the molecule is C=CCNC(=O)c1coc(CN(CC=C)C(=O)c2cc(OC)cc(OC)c2)n1. The van der Waals surface area contributed by atoms with Crippen LogP contribution in [-0.4, -0.2) is 49.0 Å². The number of carbonyl (C=O) groups excluding carboxylic acids is 2. The molecule has 1 N–H and O–H groups in total. The van der Waals surface area contributed by atoms with Crippen molar-refractivity contribution in [1.82, 2.24) is 15.2 Å². The van der Waals surface area contributed by atoms with Gasteiger partial charge in [0.25, 0.3) is 11.8 Å². The van der Waals surface area contributed by atoms with E-state index in [0.717, 1.165) is 0 Å². The van der Waals surface area contributed by atoms with Gasteiger partial charge >= 0.3 is 0 Å². The zero-order valence-corrected chi connectivity index (χ0v) is 15.9. The lowest BCUT2D eigenvalue weighted by Gasteiger charge is -2.20. The van der Waals surface area contributed by atoms with Crippen LogP contribution >= 0.6 is 0 Å². The fourth-order valence-electron chi connectivity index (χ4n) is 2.40. The number of aromatic nitrogens is 1. The van der Waals surface area contributed by atoms with E-state index in [1.807, 2.05) is 0 Å². The smallest absolute Gasteiger partial charge is 0.273 e. The molecule has 1 heterocycles. The van der Waals surface area contributed by atoms with Gasteiger partial charge in [0, 0.05) is 24.7 Å². The van der Waals surface area contributed by atoms with E-state index < -0.39 is 0 Å². The summed E-state index contributed by atoms with van der Waals surface area (Å²) in [5, 5.41) is 2.61. The minimum Gasteiger partial charge on any atom is -0.497 e. The lowest BCUT2D eigenvalue weighted by atomic mass is 10.1. The summed E-state index contributed by atoms with van der Waals surface area (Å²) in [6.45, 7) is 7.87. The number of oxazole rings is 1. The van der Waals surface area contributed by atoms with Crippen LogP contribution in [0.1, 0.15) is 26.7 Å². The summed E-state index contributed by atoms with van der Waals surface area (Å²) < 4.78 is 15.8. The maximum absolute atomic E-state index is 13.0. The van der Waals surface area contributed by atoms with E-state index in [-0.39, 0.29) is 36.5 Å². The molecule has 2 rings (SSSR count). The van der Waals surface area contributed by atoms with Crippen molar-refractivity contribution >= 4 is 11.8 Å². The van der Waals surface area contributed by atoms with Gasteiger partial charge in [-0.2, -0.15) is 0 Å². The molecular weight excluding hydrogens is 362 g/mol. The van der Waals surface area contributed by atoms with Crippen LogP contribution in [0.25, 0.3) is 0 Å². The number of methoxy groups -OCH3 is 2. The van der Waals surface area contributed by atoms with Gasteiger partial charge in [0.05, 0.1) is 20.8 Å². The first-order valence-corrected chi connectivity index (χ1v) is 8.49. The van der Waals surface area contributed by atoms with Crippen molar-refractivity contribution < 1.29 is 23.5 Å². The number of amides is 2. The molecule has 0 unspecified atom stereocenters. The third-order valence-corrected chi connectivity index (χ3v) is 3.75. The molecule has 1 aromatic carbocycles. The molecule has 0 saturated carbocycles. The molecule has 2 aromatic rings. The standard InChI is InChI=1S/C20H23N3O5/c1-5-7-21-19(24)17-13-28-18(22-17)12-23(8-6-2)20(25)14-9-15(26-3)11-16(10-14)27-4/h5-6,9-11,13H,1-2,7-8,12H2,3-4H3,(H,21,24). The van der Waals surface area contributed by atoms with Gasteiger partial charge in [0.1, 0.15) is 17.8 Å². The van der Waals surface area contributed by atoms with Crippen LogP contribution in [0.3, 0.4) is 0 Å². The number of rotatable bonds is 10. The van der Waals surface area contributed by atoms with Gasteiger partial charge in [0.15, 0.2) is 5.69 Å². The highest BCUT2D eigenvalue weighted by molar-refractivity contribution is 5.95. The molecule has 8 nitrogen and oxygen atoms in total. The Kier molecular flexibility index (Phi) is 7.38. The van der Waals surface area contributed by atoms with Crippen molar-refractivity contribution in [3.05, 3.63) is 66.9 Å². The zero-order valence-electron chi connectivity index (χ0n) is 15.9. The first-order valence-electron chi connectivity index (χ1n) is 8.49. The van der Waals surface area contributed by atoms with Gasteiger partial charge < -0.3 is 24.1 Å². The number of carbonyl (C=O) groups is 2. The number of hydrogen-bond donors (Lipinski definition) is 1. The van der Waals surface area contributed by atoms with E-state index in [0.29, 0.717) is 23.6 Å². The van der Waals surface area contributed by atoms with Crippen molar-refractivity contribution in [2.45, 2.75) is 6.54 Å². The summed E-state index contributed by atoms with van der Waals surface area (Å²) in [4.78, 5) is 30.5. The maximum Gasteiger partial charge on any atom is 0.273 e. The molecule has 28 heavy (non-hydrogen) atoms. The highest BCUT2D eigenvalue weighted by Gasteiger charge is 2.20. The average Bonchev–Trinajstić information content (AvgIpc) is 3.19. The van der Waals surface area contributed by atoms with Crippen LogP contribution in [0, 0.1) is 0 Å². The molecule has 0 aliphatic heterocycles. The van der Waals surface area contributed by atoms with Crippen molar-refractivity contribution in [2.75, 3.05) is 27.3 Å². The van der Waals surface area contributed by atoms with Gasteiger partial charge in [0.2, 0.25) is 5.89 Å². The third kappa shape index (κ3) is 5.23. The van der Waals surface area contributed by atoms with E-state index in [4.69, 9.17) is 13.9 Å². The Bertz CT molecular complexity index is 837. The quantitative estimate of drug-likeness (QED) is 0.632. The monoisotopic (exact) mass is 385 g/mol. The normalized spacial score (nSPS) is 10.1. The topological polar surface area (TPSA) is 93.9 Å². The lowest BCUT2D eigenvalue weighted by Crippen LogP contribution is -2.31. The highest BCUT2D eigenvalue weighted by atomic mass is 16.5. The molecule has 0 bridgehead atoms. The number of hydrogen-bond acceptors (Lipinski definition) is 6. The van der Waals surface area contributed by atoms with Crippen LogP contribution in [-0.2, 0) is 6.54 Å². The van der Waals surface area contributed by atoms with Crippen LogP contribution in [0.2, 0.25) is 0 Å². The van der Waals surface area contributed by atoms with Gasteiger partial charge in [-0.15, -0.1) is 13.2 Å². The molecule has 2 amide bonds. The van der Waals surface area contributed by atoms with Crippen molar-refractivity contribution in [2.24, 2.45) is 0 Å². The summed E-state index contributed by atoms with van der Waals surface area (Å²) >= 11 is 0. The Labute approximate surface area is 163 Å². The van der Waals surface area contributed by atoms with E-state index in [9.17, 15) is 9.59 Å². The van der Waals surface area contributed by atoms with Crippen LogP contribution in [0.4, 0.5) is 0 Å². The summed E-state index contributed by atoms with van der Waals surface area (Å²) in [7, 11) is 3.02. The molecule has 0 spiro atoms. The summed E-state index contributed by atoms with van der Waals surface area (Å²) in [5.41, 5.74) is 0.513. The first-order chi connectivity index (χ1) is 13.5. The fraction of sp³-hybridized carbons (Fsp3) is 0.250. The number of nitrogens with one attached hydrogen (secondary N) is 1. The highest BCUT2D eigenvalue weighted by Crippen LogP contribution is 2.24. The Morgan fingerprint density at radius 3 is 2.43 bits per heavy atom. The zero-order chi connectivity index (χ0) is 20.5. The first kappa shape index (κ1) is 20.8. The van der Waals surface area contributed by atoms with Crippen molar-refractivity contribution in [3.8, 4) is 11.5 Å². The Hall–Kier alpha value is -3.55. The molecule has 0 saturated heterocycles. The van der Waals surface area contributed by atoms with Crippen molar-refractivity contribution in [1.29, 1.82) is 0 Å². The summed E-state index contributed by atoms with van der Waals surface area (Å²) in [5.74, 6) is 0.563. The predicted molar refractivity (Wildman–Crippen MR) is 104 cm³/mol. The van der Waals surface area contributed by atoms with E-state index in [2.05, 4.69) is 23.5 Å². The maximum atomic E-state index is 13.0. The van der Waals surface area contributed by atoms with Gasteiger partial charge in [-0.1, -0.05) is 12.2 Å². The average molecular weight is 385 g/mol. The third-order valence-electron chi connectivity index (χ3n) is 3.75. The van der Waals surface area contributed by atoms with Crippen LogP contribution < -0.4 is 14.8 Å². The predicted octanol–water partition coefficient (Wildman–Crippen LogP) is 2.44. The second-order valence-electron chi connectivity index (χ2n) is 5.70. The minimum atomic E-state index is -0.381. The number of ether oxygens (including phenoxy) is 2. The number of nitrogens with zero attached hydrogens (tertiary/aromatic N) is 2. The molecule has 0 radical (unpaired) electrons. The van der Waals surface area contributed by atoms with Gasteiger partial charge in [-0.05, 0) is 12.1 Å². The largest absolute Gasteiger partial charge is 0.497 e. The molecule has 8 heteroatoms. The Morgan fingerprint density at radius 2 is 1.86 bits per heavy atom. The van der Waals surface area contributed by atoms with Crippen molar-refractivity contribution in [3.63, 3.8) is 0 Å². The molecule has 0 fully saturated rings. The summed E-state index contributed by atoms with van der Waals surface area (Å²) in [6.07, 6.45) is 4.40. The van der Waals surface area contributed by atoms with Gasteiger partial charge in [-0.3, -0.25) is 9.59 Å². The lowest BCUT2D eigenvalue weighted by molar-refractivity contribution is 0.0748. The second kappa shape index (κ2) is 9.96. The van der Waals surface area contributed by atoms with Gasteiger partial charge in [-0.25, -0.2) is 4.98 Å². The second-order valence-corrected chi connectivity index (χ2v) is 5.70. The van der Waals surface area contributed by atoms with E-state index in [1.54, 1.807) is 30.4 Å². The Balaban J connectivity index is 2.20. The van der Waals surface area contributed by atoms with Crippen LogP contribution in [0.5, 0.6) is 11.5 Å². The summed E-state index contributed by atoms with van der Waals surface area (Å²) in [6, 6.07) is 4.91.